The van der Waals surface area contributed by atoms with Gasteiger partial charge in [0.25, 0.3) is 0 Å². The fraction of sp³-hybridized carbons (Fsp3) is 0.400. The van der Waals surface area contributed by atoms with Gasteiger partial charge in [-0.2, -0.15) is 9.98 Å². The van der Waals surface area contributed by atoms with Gasteiger partial charge in [-0.25, -0.2) is 0 Å². The van der Waals surface area contributed by atoms with Crippen molar-refractivity contribution in [1.29, 1.82) is 0 Å². The molecule has 0 saturated carbocycles. The second-order valence-electron chi connectivity index (χ2n) is 1.93. The molecule has 0 aliphatic rings. The predicted octanol–water partition coefficient (Wildman–Crippen LogP) is 0.291. The summed E-state index contributed by atoms with van der Waals surface area (Å²) >= 11 is 0. The van der Waals surface area contributed by atoms with E-state index in [1.54, 1.807) is 11.2 Å². The van der Waals surface area contributed by atoms with E-state index in [9.17, 15) is 0 Å². The van der Waals surface area contributed by atoms with Crippen LogP contribution < -0.4 is 0 Å². The normalized spacial score (nSPS) is 10.6. The highest BCUT2D eigenvalue weighted by molar-refractivity contribution is 5.56. The minimum atomic E-state index is 0.272. The van der Waals surface area contributed by atoms with Crippen LogP contribution in [0.15, 0.2) is 15.8 Å². The van der Waals surface area contributed by atoms with E-state index in [4.69, 9.17) is 0 Å². The van der Waals surface area contributed by atoms with Crippen molar-refractivity contribution in [2.45, 2.75) is 0 Å². The molecule has 0 atom stereocenters. The van der Waals surface area contributed by atoms with Gasteiger partial charge < -0.3 is 9.42 Å². The van der Waals surface area contributed by atoms with Crippen molar-refractivity contribution >= 4 is 12.4 Å². The van der Waals surface area contributed by atoms with E-state index < -0.39 is 0 Å². The highest BCUT2D eigenvalue weighted by atomic mass is 16.5. The second-order valence-corrected chi connectivity index (χ2v) is 1.93. The molecule has 0 amide bonds. The summed E-state index contributed by atoms with van der Waals surface area (Å²) in [5, 5.41) is 3.38. The Kier molecular flexibility index (Phi) is 1.99. The molecule has 1 aromatic heterocycles. The van der Waals surface area contributed by atoms with Crippen molar-refractivity contribution in [3.63, 3.8) is 0 Å². The Balaban J connectivity index is 2.55. The number of hydrogen-bond donors (Lipinski definition) is 0. The zero-order valence-electron chi connectivity index (χ0n) is 5.85. The molecule has 0 bridgehead atoms. The molecular weight excluding hydrogens is 132 g/mol. The number of rotatable bonds is 2. The molecule has 0 fully saturated rings. The van der Waals surface area contributed by atoms with Gasteiger partial charge in [-0.1, -0.05) is 5.16 Å². The Labute approximate surface area is 58.4 Å². The summed E-state index contributed by atoms with van der Waals surface area (Å²) in [6.45, 7) is 0. The predicted molar refractivity (Wildman–Crippen MR) is 36.1 cm³/mol. The Morgan fingerprint density at radius 2 is 2.50 bits per heavy atom. The lowest BCUT2D eigenvalue weighted by molar-refractivity contribution is 0.427. The van der Waals surface area contributed by atoms with Crippen LogP contribution >= 0.6 is 0 Å². The summed E-state index contributed by atoms with van der Waals surface area (Å²) in [5.41, 5.74) is 0. The zero-order chi connectivity index (χ0) is 7.40. The zero-order valence-corrected chi connectivity index (χ0v) is 5.85. The van der Waals surface area contributed by atoms with Crippen LogP contribution in [0.4, 0.5) is 6.01 Å². The molecule has 5 nitrogen and oxygen atoms in total. The van der Waals surface area contributed by atoms with E-state index in [1.807, 2.05) is 14.1 Å². The van der Waals surface area contributed by atoms with Crippen LogP contribution in [0.1, 0.15) is 0 Å². The number of hydrogen-bond acceptors (Lipinski definition) is 4. The molecule has 0 spiro atoms. The molecule has 0 radical (unpaired) electrons. The SMILES string of the molecule is CN(C)C=Nc1ncno1. The molecule has 0 unspecified atom stereocenters. The van der Waals surface area contributed by atoms with Crippen molar-refractivity contribution in [1.82, 2.24) is 15.0 Å². The van der Waals surface area contributed by atoms with Gasteiger partial charge >= 0.3 is 6.01 Å². The van der Waals surface area contributed by atoms with Gasteiger partial charge in [0.05, 0.1) is 6.34 Å². The lowest BCUT2D eigenvalue weighted by Gasteiger charge is -1.98. The van der Waals surface area contributed by atoms with E-state index in [2.05, 4.69) is 19.7 Å². The van der Waals surface area contributed by atoms with Crippen LogP contribution in [0, 0.1) is 0 Å². The van der Waals surface area contributed by atoms with Crippen molar-refractivity contribution in [2.24, 2.45) is 4.99 Å². The van der Waals surface area contributed by atoms with E-state index in [1.165, 1.54) is 6.33 Å². The van der Waals surface area contributed by atoms with Gasteiger partial charge in [-0.05, 0) is 0 Å². The maximum atomic E-state index is 4.60. The topological polar surface area (TPSA) is 54.5 Å². The quantitative estimate of drug-likeness (QED) is 0.437. The average Bonchev–Trinajstić information content (AvgIpc) is 2.34. The summed E-state index contributed by atoms with van der Waals surface area (Å²) in [6, 6.07) is 0.272. The molecule has 0 aliphatic heterocycles. The molecule has 0 saturated heterocycles. The van der Waals surface area contributed by atoms with Gasteiger partial charge in [0.2, 0.25) is 0 Å². The number of nitrogens with zero attached hydrogens (tertiary/aromatic N) is 4. The molecule has 1 rings (SSSR count). The maximum Gasteiger partial charge on any atom is 0.348 e. The van der Waals surface area contributed by atoms with Crippen LogP contribution in [0.3, 0.4) is 0 Å². The van der Waals surface area contributed by atoms with Crippen LogP contribution in [0.5, 0.6) is 0 Å². The largest absolute Gasteiger partial charge is 0.369 e. The van der Waals surface area contributed by atoms with Crippen LogP contribution in [0.25, 0.3) is 0 Å². The van der Waals surface area contributed by atoms with Gasteiger partial charge in [0.1, 0.15) is 0 Å². The number of aromatic nitrogens is 2. The van der Waals surface area contributed by atoms with Gasteiger partial charge in [0, 0.05) is 14.1 Å². The lowest BCUT2D eigenvalue weighted by Crippen LogP contribution is -2.06. The first-order valence-electron chi connectivity index (χ1n) is 2.76. The van der Waals surface area contributed by atoms with Crippen molar-refractivity contribution in [3.05, 3.63) is 6.33 Å². The molecule has 54 valence electrons. The molecule has 1 heterocycles. The number of aliphatic imine (C=N–C) groups is 1. The molecule has 0 N–H and O–H groups in total. The first-order chi connectivity index (χ1) is 4.79. The second kappa shape index (κ2) is 2.95. The van der Waals surface area contributed by atoms with E-state index >= 15 is 0 Å². The van der Waals surface area contributed by atoms with Gasteiger partial charge in [0.15, 0.2) is 6.33 Å². The summed E-state index contributed by atoms with van der Waals surface area (Å²) in [5.74, 6) is 0. The lowest BCUT2D eigenvalue weighted by atomic mass is 10.9. The van der Waals surface area contributed by atoms with Crippen LogP contribution in [-0.2, 0) is 0 Å². The highest BCUT2D eigenvalue weighted by Crippen LogP contribution is 2.00. The summed E-state index contributed by atoms with van der Waals surface area (Å²) in [6.07, 6.45) is 2.90. The summed E-state index contributed by atoms with van der Waals surface area (Å²) in [7, 11) is 3.72. The van der Waals surface area contributed by atoms with E-state index in [0.29, 0.717) is 0 Å². The molecule has 0 aromatic carbocycles. The Morgan fingerprint density at radius 1 is 1.70 bits per heavy atom. The third-order valence-corrected chi connectivity index (χ3v) is 0.749. The third kappa shape index (κ3) is 1.85. The van der Waals surface area contributed by atoms with Gasteiger partial charge in [-0.15, -0.1) is 0 Å². The van der Waals surface area contributed by atoms with Crippen molar-refractivity contribution < 1.29 is 4.52 Å². The van der Waals surface area contributed by atoms with Gasteiger partial charge in [-0.3, -0.25) is 0 Å². The molecule has 5 heteroatoms. The Morgan fingerprint density at radius 3 is 3.00 bits per heavy atom. The van der Waals surface area contributed by atoms with Crippen molar-refractivity contribution in [2.75, 3.05) is 14.1 Å². The van der Waals surface area contributed by atoms with E-state index in [-0.39, 0.29) is 6.01 Å². The van der Waals surface area contributed by atoms with Crippen LogP contribution in [-0.4, -0.2) is 35.5 Å². The fourth-order valence-corrected chi connectivity index (χ4v) is 0.389. The monoisotopic (exact) mass is 140 g/mol. The molecular formula is C5H8N4O. The smallest absolute Gasteiger partial charge is 0.348 e. The fourth-order valence-electron chi connectivity index (χ4n) is 0.389. The first kappa shape index (κ1) is 6.73. The average molecular weight is 140 g/mol. The maximum absolute atomic E-state index is 4.60. The summed E-state index contributed by atoms with van der Waals surface area (Å²) < 4.78 is 4.60. The summed E-state index contributed by atoms with van der Waals surface area (Å²) in [4.78, 5) is 9.29. The van der Waals surface area contributed by atoms with Crippen LogP contribution in [0.2, 0.25) is 0 Å². The molecule has 0 aliphatic carbocycles. The Hall–Kier alpha value is -1.39. The van der Waals surface area contributed by atoms with E-state index in [0.717, 1.165) is 0 Å². The minimum Gasteiger partial charge on any atom is -0.369 e. The van der Waals surface area contributed by atoms with Crippen molar-refractivity contribution in [3.8, 4) is 0 Å². The first-order valence-corrected chi connectivity index (χ1v) is 2.76. The minimum absolute atomic E-state index is 0.272. The standard InChI is InChI=1S/C5H8N4O/c1-9(2)4-7-5-6-3-8-10-5/h3-4H,1-2H3. The molecule has 1 aromatic rings. The molecule has 10 heavy (non-hydrogen) atoms. The third-order valence-electron chi connectivity index (χ3n) is 0.749. The Bertz CT molecular complexity index is 203. The highest BCUT2D eigenvalue weighted by Gasteiger charge is 1.90.